The van der Waals surface area contributed by atoms with Crippen LogP contribution in [-0.2, 0) is 10.3 Å². The summed E-state index contributed by atoms with van der Waals surface area (Å²) in [4.78, 5) is 15.1. The first-order valence-electron chi connectivity index (χ1n) is 11.4. The van der Waals surface area contributed by atoms with Gasteiger partial charge in [-0.2, -0.15) is 5.10 Å². The van der Waals surface area contributed by atoms with Crippen molar-refractivity contribution in [3.8, 4) is 5.88 Å². The second-order valence-corrected chi connectivity index (χ2v) is 11.2. The van der Waals surface area contributed by atoms with Crippen molar-refractivity contribution in [2.24, 2.45) is 11.8 Å². The third-order valence-electron chi connectivity index (χ3n) is 5.98. The van der Waals surface area contributed by atoms with Crippen LogP contribution in [-0.4, -0.2) is 15.7 Å². The van der Waals surface area contributed by atoms with Crippen molar-refractivity contribution in [1.82, 2.24) is 9.78 Å². The number of benzene rings is 1. The SMILES string of the molecule is CCCCC1CCC(C(=O)Oc2c(Sc3ccc(Cl)cc3)c(C)nn2C(C)(C)C)CC1. The molecule has 0 unspecified atom stereocenters. The van der Waals surface area contributed by atoms with Crippen LogP contribution in [0.1, 0.15) is 78.3 Å². The number of halogens is 1. The molecule has 3 rings (SSSR count). The predicted octanol–water partition coefficient (Wildman–Crippen LogP) is 7.65. The molecule has 0 saturated heterocycles. The number of carbonyl (C=O) groups excluding carboxylic acids is 1. The standard InChI is InChI=1S/C25H35ClN2O2S/c1-6-7-8-18-9-11-19(12-10-18)24(29)30-23-22(17(2)27-28(23)25(3,4)5)31-21-15-13-20(26)14-16-21/h13-16,18-19H,6-12H2,1-5H3. The van der Waals surface area contributed by atoms with Crippen LogP contribution in [0.4, 0.5) is 0 Å². The van der Waals surface area contributed by atoms with E-state index in [9.17, 15) is 4.79 Å². The molecule has 1 aliphatic rings. The minimum absolute atomic E-state index is 0.0186. The highest BCUT2D eigenvalue weighted by atomic mass is 35.5. The number of carbonyl (C=O) groups is 1. The van der Waals surface area contributed by atoms with E-state index in [1.807, 2.05) is 35.9 Å². The maximum absolute atomic E-state index is 13.1. The van der Waals surface area contributed by atoms with E-state index in [1.165, 1.54) is 19.3 Å². The second kappa shape index (κ2) is 10.4. The van der Waals surface area contributed by atoms with Gasteiger partial charge in [-0.15, -0.1) is 0 Å². The maximum Gasteiger partial charge on any atom is 0.315 e. The summed E-state index contributed by atoms with van der Waals surface area (Å²) in [5.74, 6) is 1.19. The minimum atomic E-state index is -0.295. The number of hydrogen-bond acceptors (Lipinski definition) is 4. The van der Waals surface area contributed by atoms with Gasteiger partial charge in [-0.25, -0.2) is 4.68 Å². The third-order valence-corrected chi connectivity index (χ3v) is 7.41. The topological polar surface area (TPSA) is 44.1 Å². The van der Waals surface area contributed by atoms with Crippen molar-refractivity contribution in [2.45, 2.75) is 94.9 Å². The Morgan fingerprint density at radius 2 is 1.84 bits per heavy atom. The fourth-order valence-corrected chi connectivity index (χ4v) is 5.17. The molecule has 0 spiro atoms. The van der Waals surface area contributed by atoms with Crippen molar-refractivity contribution in [3.05, 3.63) is 35.0 Å². The Hall–Kier alpha value is -1.46. The van der Waals surface area contributed by atoms with Gasteiger partial charge in [0.25, 0.3) is 0 Å². The molecule has 2 aromatic rings. The van der Waals surface area contributed by atoms with Gasteiger partial charge >= 0.3 is 5.97 Å². The number of aryl methyl sites for hydroxylation is 1. The number of unbranched alkanes of at least 4 members (excludes halogenated alkanes) is 1. The fourth-order valence-electron chi connectivity index (χ4n) is 4.13. The first kappa shape index (κ1) is 24.2. The number of ether oxygens (including phenoxy) is 1. The second-order valence-electron chi connectivity index (χ2n) is 9.64. The number of aromatic nitrogens is 2. The highest BCUT2D eigenvalue weighted by molar-refractivity contribution is 7.99. The fraction of sp³-hybridized carbons (Fsp3) is 0.600. The van der Waals surface area contributed by atoms with Crippen LogP contribution >= 0.6 is 23.4 Å². The van der Waals surface area contributed by atoms with Gasteiger partial charge in [0.2, 0.25) is 5.88 Å². The molecule has 4 nitrogen and oxygen atoms in total. The molecule has 0 atom stereocenters. The molecule has 6 heteroatoms. The average Bonchev–Trinajstić information content (AvgIpc) is 3.04. The van der Waals surface area contributed by atoms with Crippen LogP contribution in [0.3, 0.4) is 0 Å². The molecule has 0 radical (unpaired) electrons. The Bertz CT molecular complexity index is 878. The number of nitrogens with zero attached hydrogens (tertiary/aromatic N) is 2. The quantitative estimate of drug-likeness (QED) is 0.396. The first-order valence-corrected chi connectivity index (χ1v) is 12.6. The molecular weight excluding hydrogens is 428 g/mol. The monoisotopic (exact) mass is 462 g/mol. The normalized spacial score (nSPS) is 19.4. The van der Waals surface area contributed by atoms with Crippen molar-refractivity contribution < 1.29 is 9.53 Å². The van der Waals surface area contributed by atoms with E-state index in [4.69, 9.17) is 21.4 Å². The summed E-state index contributed by atoms with van der Waals surface area (Å²) in [6.07, 6.45) is 7.93. The third kappa shape index (κ3) is 6.29. The molecule has 31 heavy (non-hydrogen) atoms. The Morgan fingerprint density at radius 1 is 1.19 bits per heavy atom. The largest absolute Gasteiger partial charge is 0.406 e. The zero-order chi connectivity index (χ0) is 22.6. The molecule has 0 N–H and O–H groups in total. The summed E-state index contributed by atoms with van der Waals surface area (Å²) in [5, 5.41) is 5.43. The van der Waals surface area contributed by atoms with Gasteiger partial charge in [-0.1, -0.05) is 49.5 Å². The van der Waals surface area contributed by atoms with E-state index in [1.54, 1.807) is 11.8 Å². The molecular formula is C25H35ClN2O2S. The number of esters is 1. The van der Waals surface area contributed by atoms with Gasteiger partial charge in [-0.05, 0) is 83.6 Å². The number of rotatable bonds is 7. The lowest BCUT2D eigenvalue weighted by Gasteiger charge is -2.28. The molecule has 1 heterocycles. The van der Waals surface area contributed by atoms with Gasteiger partial charge in [-0.3, -0.25) is 4.79 Å². The zero-order valence-corrected chi connectivity index (χ0v) is 21.0. The van der Waals surface area contributed by atoms with Gasteiger partial charge in [0.05, 0.1) is 22.0 Å². The Labute approximate surface area is 196 Å². The Kier molecular flexibility index (Phi) is 8.14. The lowest BCUT2D eigenvalue weighted by atomic mass is 9.80. The molecule has 1 saturated carbocycles. The van der Waals surface area contributed by atoms with Gasteiger partial charge in [0, 0.05) is 9.92 Å². The first-order chi connectivity index (χ1) is 14.7. The minimum Gasteiger partial charge on any atom is -0.406 e. The van der Waals surface area contributed by atoms with E-state index in [-0.39, 0.29) is 17.4 Å². The lowest BCUT2D eigenvalue weighted by molar-refractivity contribution is -0.141. The van der Waals surface area contributed by atoms with Crippen LogP contribution in [0.15, 0.2) is 34.1 Å². The Morgan fingerprint density at radius 3 is 2.42 bits per heavy atom. The molecule has 1 aromatic carbocycles. The Balaban J connectivity index is 1.78. The molecule has 0 amide bonds. The zero-order valence-electron chi connectivity index (χ0n) is 19.4. The van der Waals surface area contributed by atoms with Gasteiger partial charge in [0.15, 0.2) is 0 Å². The maximum atomic E-state index is 13.1. The van der Waals surface area contributed by atoms with Gasteiger partial charge < -0.3 is 4.74 Å². The van der Waals surface area contributed by atoms with Crippen molar-refractivity contribution in [1.29, 1.82) is 0 Å². The molecule has 170 valence electrons. The predicted molar refractivity (Wildman–Crippen MR) is 128 cm³/mol. The lowest BCUT2D eigenvalue weighted by Crippen LogP contribution is -2.29. The number of hydrogen-bond donors (Lipinski definition) is 0. The van der Waals surface area contributed by atoms with Crippen LogP contribution in [0, 0.1) is 18.8 Å². The van der Waals surface area contributed by atoms with E-state index >= 15 is 0 Å². The van der Waals surface area contributed by atoms with Crippen LogP contribution in [0.2, 0.25) is 5.02 Å². The molecule has 1 fully saturated rings. The summed E-state index contributed by atoms with van der Waals surface area (Å²) in [6.45, 7) is 10.4. The molecule has 0 aliphatic heterocycles. The van der Waals surface area contributed by atoms with Gasteiger partial charge in [0.1, 0.15) is 0 Å². The van der Waals surface area contributed by atoms with E-state index in [0.29, 0.717) is 10.9 Å². The summed E-state index contributed by atoms with van der Waals surface area (Å²) >= 11 is 7.60. The van der Waals surface area contributed by atoms with Crippen molar-refractivity contribution in [3.63, 3.8) is 0 Å². The molecule has 1 aliphatic carbocycles. The van der Waals surface area contributed by atoms with Crippen LogP contribution in [0.5, 0.6) is 5.88 Å². The summed E-state index contributed by atoms with van der Waals surface area (Å²) in [5.41, 5.74) is 0.567. The van der Waals surface area contributed by atoms with Crippen LogP contribution in [0.25, 0.3) is 0 Å². The summed E-state index contributed by atoms with van der Waals surface area (Å²) in [7, 11) is 0. The summed E-state index contributed by atoms with van der Waals surface area (Å²) in [6, 6.07) is 7.69. The summed E-state index contributed by atoms with van der Waals surface area (Å²) < 4.78 is 7.94. The van der Waals surface area contributed by atoms with Crippen LogP contribution < -0.4 is 4.74 Å². The van der Waals surface area contributed by atoms with E-state index in [2.05, 4.69) is 27.7 Å². The van der Waals surface area contributed by atoms with Crippen molar-refractivity contribution >= 4 is 29.3 Å². The van der Waals surface area contributed by atoms with E-state index in [0.717, 1.165) is 47.1 Å². The highest BCUT2D eigenvalue weighted by Gasteiger charge is 2.32. The van der Waals surface area contributed by atoms with E-state index < -0.39 is 0 Å². The average molecular weight is 463 g/mol. The molecule has 1 aromatic heterocycles. The van der Waals surface area contributed by atoms with Crippen molar-refractivity contribution in [2.75, 3.05) is 0 Å². The molecule has 0 bridgehead atoms. The highest BCUT2D eigenvalue weighted by Crippen LogP contribution is 2.41. The smallest absolute Gasteiger partial charge is 0.315 e.